The number of aromatic nitrogens is 2. The summed E-state index contributed by atoms with van der Waals surface area (Å²) < 4.78 is 35.8. The average molecular weight is 883 g/mol. The SMILES string of the molecule is CC1(C)CCC(CN2CCN(c3ccc(C(=O)NS(=O)(=O)c4ccc(N5CCN(C(=O)O)CC5)c([N+](=O)[O-])c4)c(Oc4cnc5[nH]ccc5c4)c3)CC2)=C(c2ccc(Cl)cc2)C1. The van der Waals surface area contributed by atoms with E-state index >= 15 is 0 Å². The first kappa shape index (κ1) is 42.5. The fourth-order valence-corrected chi connectivity index (χ4v) is 9.55. The summed E-state index contributed by atoms with van der Waals surface area (Å²) in [6, 6.07) is 20.1. The Bertz CT molecular complexity index is 2670. The summed E-state index contributed by atoms with van der Waals surface area (Å²) in [5.41, 5.74) is 5.28. The monoisotopic (exact) mass is 882 g/mol. The highest BCUT2D eigenvalue weighted by atomic mass is 35.5. The second-order valence-electron chi connectivity index (χ2n) is 16.7. The molecule has 2 aromatic heterocycles. The Morgan fingerprint density at radius 2 is 1.68 bits per heavy atom. The van der Waals surface area contributed by atoms with Crippen molar-refractivity contribution in [3.63, 3.8) is 0 Å². The van der Waals surface area contributed by atoms with E-state index in [2.05, 4.69) is 50.5 Å². The Morgan fingerprint density at radius 1 is 0.952 bits per heavy atom. The van der Waals surface area contributed by atoms with Gasteiger partial charge >= 0.3 is 6.09 Å². The minimum absolute atomic E-state index is 0.0746. The molecule has 0 saturated carbocycles. The number of fused-ring (bicyclic) bond motifs is 1. The molecular weight excluding hydrogens is 836 g/mol. The summed E-state index contributed by atoms with van der Waals surface area (Å²) in [6.07, 6.45) is 5.31. The maximum absolute atomic E-state index is 13.9. The Balaban J connectivity index is 1.01. The molecule has 2 fully saturated rings. The number of nitrogens with zero attached hydrogens (tertiary/aromatic N) is 6. The van der Waals surface area contributed by atoms with Crippen LogP contribution in [0.1, 0.15) is 49.0 Å². The summed E-state index contributed by atoms with van der Waals surface area (Å²) in [6.45, 7) is 9.14. The molecular formula is C44H47ClN8O8S. The Morgan fingerprint density at radius 3 is 2.39 bits per heavy atom. The molecule has 0 unspecified atom stereocenters. The number of anilines is 2. The highest BCUT2D eigenvalue weighted by Gasteiger charge is 2.32. The molecule has 2 aliphatic heterocycles. The lowest BCUT2D eigenvalue weighted by molar-refractivity contribution is -0.384. The highest BCUT2D eigenvalue weighted by Crippen LogP contribution is 2.43. The van der Waals surface area contributed by atoms with Gasteiger partial charge in [-0.15, -0.1) is 0 Å². The van der Waals surface area contributed by atoms with Crippen molar-refractivity contribution in [1.82, 2.24) is 24.5 Å². The molecule has 3 N–H and O–H groups in total. The number of ether oxygens (including phenoxy) is 1. The number of rotatable bonds is 11. The molecule has 18 heteroatoms. The zero-order valence-electron chi connectivity index (χ0n) is 34.3. The molecule has 1 aliphatic carbocycles. The van der Waals surface area contributed by atoms with Gasteiger partial charge in [-0.3, -0.25) is 19.8 Å². The van der Waals surface area contributed by atoms with Crippen molar-refractivity contribution in [3.8, 4) is 11.5 Å². The van der Waals surface area contributed by atoms with Crippen LogP contribution in [0.15, 0.2) is 95.7 Å². The fraction of sp³-hybridized carbons (Fsp3) is 0.341. The van der Waals surface area contributed by atoms with E-state index in [0.717, 1.165) is 61.1 Å². The van der Waals surface area contributed by atoms with Crippen LogP contribution < -0.4 is 19.3 Å². The number of benzene rings is 3. The highest BCUT2D eigenvalue weighted by molar-refractivity contribution is 7.90. The molecule has 62 heavy (non-hydrogen) atoms. The molecule has 2 amide bonds. The standard InChI is InChI=1S/C44H47ClN8O8S/c1-44(2)13-11-31(37(26-44)29-3-5-32(45)6-4-29)28-49-15-17-50(18-16-49)33-7-9-36(40(24-33)61-34-23-30-12-14-46-41(30)47-27-34)42(54)48-62(59,60)35-8-10-38(39(25-35)53(57)58)51-19-21-52(22-20-51)43(55)56/h3-10,12,14,23-25,27H,11,13,15-22,26,28H2,1-2H3,(H,46,47)(H,48,54)(H,55,56). The van der Waals surface area contributed by atoms with Gasteiger partial charge < -0.3 is 29.5 Å². The Hall–Kier alpha value is -6.17. The van der Waals surface area contributed by atoms with E-state index in [9.17, 15) is 33.2 Å². The number of nitro groups is 1. The largest absolute Gasteiger partial charge is 0.465 e. The molecule has 0 atom stereocenters. The maximum atomic E-state index is 13.9. The number of allylic oxidation sites excluding steroid dienone is 1. The second-order valence-corrected chi connectivity index (χ2v) is 18.8. The number of hydrogen-bond acceptors (Lipinski definition) is 11. The first-order valence-electron chi connectivity index (χ1n) is 20.4. The van der Waals surface area contributed by atoms with Gasteiger partial charge in [-0.2, -0.15) is 0 Å². The molecule has 0 bridgehead atoms. The number of H-pyrrole nitrogens is 1. The minimum Gasteiger partial charge on any atom is -0.465 e. The van der Waals surface area contributed by atoms with Crippen molar-refractivity contribution in [1.29, 1.82) is 0 Å². The lowest BCUT2D eigenvalue weighted by Gasteiger charge is -2.39. The molecule has 5 aromatic rings. The molecule has 3 aliphatic rings. The third-order valence-corrected chi connectivity index (χ3v) is 13.5. The van der Waals surface area contributed by atoms with Gasteiger partial charge in [0, 0.05) is 93.3 Å². The summed E-state index contributed by atoms with van der Waals surface area (Å²) >= 11 is 6.23. The van der Waals surface area contributed by atoms with Crippen LogP contribution in [0.3, 0.4) is 0 Å². The predicted molar refractivity (Wildman–Crippen MR) is 237 cm³/mol. The van der Waals surface area contributed by atoms with Crippen molar-refractivity contribution in [3.05, 3.63) is 117 Å². The minimum atomic E-state index is -4.63. The number of nitro benzene ring substituents is 1. The fourth-order valence-electron chi connectivity index (χ4n) is 8.44. The topological polar surface area (TPSA) is 195 Å². The number of amides is 2. The number of halogens is 1. The first-order valence-corrected chi connectivity index (χ1v) is 22.3. The van der Waals surface area contributed by atoms with E-state index in [1.54, 1.807) is 29.3 Å². The molecule has 16 nitrogen and oxygen atoms in total. The molecule has 8 rings (SSSR count). The van der Waals surface area contributed by atoms with Crippen molar-refractivity contribution in [2.75, 3.05) is 68.7 Å². The number of hydrogen-bond donors (Lipinski definition) is 3. The number of pyridine rings is 1. The van der Waals surface area contributed by atoms with E-state index in [0.29, 0.717) is 24.5 Å². The third-order valence-electron chi connectivity index (χ3n) is 11.9. The molecule has 2 saturated heterocycles. The molecule has 0 spiro atoms. The van der Waals surface area contributed by atoms with E-state index in [1.807, 2.05) is 18.2 Å². The number of carboxylic acid groups (broad SMARTS) is 1. The lowest BCUT2D eigenvalue weighted by atomic mass is 9.72. The molecule has 4 heterocycles. The van der Waals surface area contributed by atoms with Gasteiger partial charge in [-0.25, -0.2) is 22.9 Å². The van der Waals surface area contributed by atoms with E-state index in [4.69, 9.17) is 16.3 Å². The molecule has 324 valence electrons. The van der Waals surface area contributed by atoms with Gasteiger partial charge in [0.2, 0.25) is 0 Å². The van der Waals surface area contributed by atoms with Crippen LogP contribution in [-0.2, 0) is 10.0 Å². The third kappa shape index (κ3) is 9.34. The van der Waals surface area contributed by atoms with Gasteiger partial charge in [0.25, 0.3) is 21.6 Å². The number of piperazine rings is 2. The summed E-state index contributed by atoms with van der Waals surface area (Å²) in [5.74, 6) is -0.575. The van der Waals surface area contributed by atoms with Crippen LogP contribution in [0.4, 0.5) is 21.9 Å². The van der Waals surface area contributed by atoms with E-state index in [-0.39, 0.29) is 48.6 Å². The van der Waals surface area contributed by atoms with E-state index in [1.165, 1.54) is 46.0 Å². The van der Waals surface area contributed by atoms with Crippen molar-refractivity contribution in [2.24, 2.45) is 5.41 Å². The summed E-state index contributed by atoms with van der Waals surface area (Å²) in [7, 11) is -4.63. The number of carbonyl (C=O) groups is 2. The summed E-state index contributed by atoms with van der Waals surface area (Å²) in [5, 5.41) is 23.0. The van der Waals surface area contributed by atoms with Crippen molar-refractivity contribution < 1.29 is 32.8 Å². The Labute approximate surface area is 363 Å². The number of aromatic amines is 1. The van der Waals surface area contributed by atoms with Crippen LogP contribution >= 0.6 is 11.6 Å². The van der Waals surface area contributed by atoms with Crippen LogP contribution in [0.25, 0.3) is 16.6 Å². The first-order chi connectivity index (χ1) is 29.6. The molecule has 3 aromatic carbocycles. The van der Waals surface area contributed by atoms with Crippen molar-refractivity contribution in [2.45, 2.75) is 38.0 Å². The van der Waals surface area contributed by atoms with Gasteiger partial charge in [-0.1, -0.05) is 43.2 Å². The summed E-state index contributed by atoms with van der Waals surface area (Å²) in [4.78, 5) is 51.2. The van der Waals surface area contributed by atoms with Crippen molar-refractivity contribution >= 4 is 67.3 Å². The quantitative estimate of drug-likeness (QED) is 0.0869. The van der Waals surface area contributed by atoms with Crippen LogP contribution in [0.2, 0.25) is 5.02 Å². The molecule has 0 radical (unpaired) electrons. The second kappa shape index (κ2) is 17.3. The van der Waals surface area contributed by atoms with Gasteiger partial charge in [-0.05, 0) is 84.3 Å². The zero-order chi connectivity index (χ0) is 43.8. The average Bonchev–Trinajstić information content (AvgIpc) is 3.72. The number of carbonyl (C=O) groups excluding carboxylic acids is 1. The normalized spacial score (nSPS) is 17.3. The van der Waals surface area contributed by atoms with Gasteiger partial charge in [0.15, 0.2) is 0 Å². The van der Waals surface area contributed by atoms with Crippen LogP contribution in [0, 0.1) is 15.5 Å². The number of nitrogens with one attached hydrogen (secondary N) is 2. The van der Waals surface area contributed by atoms with Crippen LogP contribution in [-0.4, -0.2) is 109 Å². The van der Waals surface area contributed by atoms with Gasteiger partial charge in [0.05, 0.1) is 21.6 Å². The van der Waals surface area contributed by atoms with Gasteiger partial charge in [0.1, 0.15) is 22.8 Å². The zero-order valence-corrected chi connectivity index (χ0v) is 35.9. The maximum Gasteiger partial charge on any atom is 0.407 e. The number of sulfonamides is 1. The Kier molecular flexibility index (Phi) is 11.9. The lowest BCUT2D eigenvalue weighted by Crippen LogP contribution is -2.48. The van der Waals surface area contributed by atoms with E-state index < -0.39 is 37.5 Å². The smallest absolute Gasteiger partial charge is 0.407 e. The predicted octanol–water partition coefficient (Wildman–Crippen LogP) is 7.62. The van der Waals surface area contributed by atoms with Crippen LogP contribution in [0.5, 0.6) is 11.5 Å².